The van der Waals surface area contributed by atoms with Crippen LogP contribution < -0.4 is 10.1 Å². The number of rotatable bonds is 7. The van der Waals surface area contributed by atoms with Gasteiger partial charge in [0.2, 0.25) is 5.91 Å². The van der Waals surface area contributed by atoms with Crippen LogP contribution in [0.2, 0.25) is 0 Å². The molecule has 0 spiro atoms. The van der Waals surface area contributed by atoms with Gasteiger partial charge >= 0.3 is 0 Å². The molecule has 1 aliphatic rings. The number of benzene rings is 1. The highest BCUT2D eigenvalue weighted by Gasteiger charge is 2.45. The van der Waals surface area contributed by atoms with Crippen LogP contribution in [0.3, 0.4) is 0 Å². The molecule has 1 saturated carbocycles. The van der Waals surface area contributed by atoms with Gasteiger partial charge in [0.25, 0.3) is 0 Å². The minimum atomic E-state index is 0.0891. The number of nitrogens with zero attached hydrogens (tertiary/aromatic N) is 1. The van der Waals surface area contributed by atoms with E-state index in [0.717, 1.165) is 17.7 Å². The molecule has 1 fully saturated rings. The molecule has 1 N–H and O–H groups in total. The van der Waals surface area contributed by atoms with Gasteiger partial charge in [0, 0.05) is 18.5 Å². The second kappa shape index (κ2) is 7.14. The lowest BCUT2D eigenvalue weighted by atomic mass is 10.0. The van der Waals surface area contributed by atoms with Gasteiger partial charge in [-0.05, 0) is 44.0 Å². The fraction of sp³-hybridized carbons (Fsp3) is 0.611. The van der Waals surface area contributed by atoms with Crippen LogP contribution in [0.1, 0.15) is 31.7 Å². The van der Waals surface area contributed by atoms with E-state index >= 15 is 0 Å². The highest BCUT2D eigenvalue weighted by molar-refractivity contribution is 5.83. The maximum absolute atomic E-state index is 12.4. The van der Waals surface area contributed by atoms with Crippen molar-refractivity contribution in [1.82, 2.24) is 10.2 Å². The molecule has 1 aliphatic carbocycles. The number of likely N-dealkylation sites (N-methyl/N-ethyl adjacent to an activating group) is 1. The van der Waals surface area contributed by atoms with Gasteiger partial charge in [-0.1, -0.05) is 32.0 Å². The lowest BCUT2D eigenvalue weighted by Gasteiger charge is -2.28. The summed E-state index contributed by atoms with van der Waals surface area (Å²) in [5.41, 5.74) is 1.15. The van der Waals surface area contributed by atoms with E-state index in [1.54, 1.807) is 7.11 Å². The van der Waals surface area contributed by atoms with Gasteiger partial charge in [-0.2, -0.15) is 0 Å². The average molecular weight is 304 g/mol. The Kier molecular flexibility index (Phi) is 5.46. The summed E-state index contributed by atoms with van der Waals surface area (Å²) in [7, 11) is 5.80. The Labute approximate surface area is 133 Å². The molecular weight excluding hydrogens is 276 g/mol. The van der Waals surface area contributed by atoms with Crippen LogP contribution in [0, 0.1) is 11.8 Å². The number of amides is 1. The van der Waals surface area contributed by atoms with E-state index < -0.39 is 0 Å². The molecule has 0 saturated heterocycles. The Morgan fingerprint density at radius 2 is 2.05 bits per heavy atom. The smallest absolute Gasteiger partial charge is 0.223 e. The molecule has 4 heteroatoms. The third kappa shape index (κ3) is 3.80. The van der Waals surface area contributed by atoms with E-state index in [9.17, 15) is 4.79 Å². The zero-order chi connectivity index (χ0) is 16.3. The van der Waals surface area contributed by atoms with Crippen molar-refractivity contribution in [2.45, 2.75) is 32.2 Å². The third-order valence-electron chi connectivity index (χ3n) is 4.58. The molecule has 0 aromatic heterocycles. The number of methoxy groups -OCH3 is 1. The molecule has 1 aromatic rings. The minimum Gasteiger partial charge on any atom is -0.496 e. The van der Waals surface area contributed by atoms with Crippen LogP contribution in [0.5, 0.6) is 5.75 Å². The van der Waals surface area contributed by atoms with Crippen LogP contribution in [0.4, 0.5) is 0 Å². The highest BCUT2D eigenvalue weighted by atomic mass is 16.5. The summed E-state index contributed by atoms with van der Waals surface area (Å²) in [6, 6.07) is 8.36. The Bertz CT molecular complexity index is 506. The van der Waals surface area contributed by atoms with Crippen LogP contribution in [-0.2, 0) is 4.79 Å². The first-order valence-electron chi connectivity index (χ1n) is 8.02. The summed E-state index contributed by atoms with van der Waals surface area (Å²) in [4.78, 5) is 14.5. The van der Waals surface area contributed by atoms with E-state index in [4.69, 9.17) is 4.74 Å². The number of carbonyl (C=O) groups is 1. The van der Waals surface area contributed by atoms with Gasteiger partial charge < -0.3 is 15.0 Å². The molecule has 0 unspecified atom stereocenters. The average Bonchev–Trinajstić information content (AvgIpc) is 3.26. The van der Waals surface area contributed by atoms with Gasteiger partial charge in [0.05, 0.1) is 7.11 Å². The molecule has 0 bridgehead atoms. The molecule has 0 radical (unpaired) electrons. The van der Waals surface area contributed by atoms with Crippen molar-refractivity contribution < 1.29 is 9.53 Å². The zero-order valence-corrected chi connectivity index (χ0v) is 14.3. The van der Waals surface area contributed by atoms with Crippen molar-refractivity contribution >= 4 is 5.91 Å². The SMILES string of the molecule is COc1ccccc1[C@@H]1C[C@H]1C(=O)NC[C@H](C(C)C)N(C)C. The predicted octanol–water partition coefficient (Wildman–Crippen LogP) is 2.50. The maximum Gasteiger partial charge on any atom is 0.223 e. The fourth-order valence-electron chi connectivity index (χ4n) is 3.15. The summed E-state index contributed by atoms with van der Waals surface area (Å²) >= 11 is 0. The summed E-state index contributed by atoms with van der Waals surface area (Å²) < 4.78 is 5.40. The van der Waals surface area contributed by atoms with Crippen molar-refractivity contribution in [2.24, 2.45) is 11.8 Å². The van der Waals surface area contributed by atoms with Gasteiger partial charge in [-0.25, -0.2) is 0 Å². The summed E-state index contributed by atoms with van der Waals surface area (Å²) in [5, 5.41) is 3.12. The van der Waals surface area contributed by atoms with Gasteiger partial charge in [-0.3, -0.25) is 4.79 Å². The maximum atomic E-state index is 12.4. The Morgan fingerprint density at radius 3 is 2.64 bits per heavy atom. The van der Waals surface area contributed by atoms with Crippen molar-refractivity contribution in [3.63, 3.8) is 0 Å². The second-order valence-corrected chi connectivity index (χ2v) is 6.71. The molecule has 0 heterocycles. The Hall–Kier alpha value is -1.55. The van der Waals surface area contributed by atoms with Crippen LogP contribution >= 0.6 is 0 Å². The normalized spacial score (nSPS) is 21.8. The van der Waals surface area contributed by atoms with Crippen molar-refractivity contribution in [3.8, 4) is 5.75 Å². The quantitative estimate of drug-likeness (QED) is 0.841. The standard InChI is InChI=1S/C18H28N2O2/c1-12(2)16(20(3)4)11-19-18(21)15-10-14(15)13-8-6-7-9-17(13)22-5/h6-9,12,14-16H,10-11H2,1-5H3,(H,19,21)/t14-,15+,16+/m0/s1. The van der Waals surface area contributed by atoms with E-state index in [-0.39, 0.29) is 11.8 Å². The Morgan fingerprint density at radius 1 is 1.36 bits per heavy atom. The van der Waals surface area contributed by atoms with Crippen molar-refractivity contribution in [2.75, 3.05) is 27.7 Å². The minimum absolute atomic E-state index is 0.0891. The summed E-state index contributed by atoms with van der Waals surface area (Å²) in [6.07, 6.45) is 0.917. The molecule has 122 valence electrons. The number of nitrogens with one attached hydrogen (secondary N) is 1. The van der Waals surface area contributed by atoms with E-state index in [2.05, 4.69) is 44.2 Å². The van der Waals surface area contributed by atoms with Gasteiger partial charge in [-0.15, -0.1) is 0 Å². The first kappa shape index (κ1) is 16.8. The van der Waals surface area contributed by atoms with Gasteiger partial charge in [0.15, 0.2) is 0 Å². The number of para-hydroxylation sites is 1. The van der Waals surface area contributed by atoms with E-state index in [0.29, 0.717) is 24.4 Å². The largest absolute Gasteiger partial charge is 0.496 e. The van der Waals surface area contributed by atoms with Crippen LogP contribution in [0.25, 0.3) is 0 Å². The summed E-state index contributed by atoms with van der Waals surface area (Å²) in [6.45, 7) is 5.08. The monoisotopic (exact) mass is 304 g/mol. The number of hydrogen-bond acceptors (Lipinski definition) is 3. The zero-order valence-electron chi connectivity index (χ0n) is 14.3. The van der Waals surface area contributed by atoms with Crippen molar-refractivity contribution in [3.05, 3.63) is 29.8 Å². The molecule has 4 nitrogen and oxygen atoms in total. The van der Waals surface area contributed by atoms with E-state index in [1.165, 1.54) is 0 Å². The number of hydrogen-bond donors (Lipinski definition) is 1. The highest BCUT2D eigenvalue weighted by Crippen LogP contribution is 2.50. The fourth-order valence-corrected chi connectivity index (χ4v) is 3.15. The second-order valence-electron chi connectivity index (χ2n) is 6.71. The molecule has 0 aliphatic heterocycles. The predicted molar refractivity (Wildman–Crippen MR) is 89.2 cm³/mol. The molecule has 2 rings (SSSR count). The molecule has 22 heavy (non-hydrogen) atoms. The van der Waals surface area contributed by atoms with E-state index in [1.807, 2.05) is 18.2 Å². The lowest BCUT2D eigenvalue weighted by molar-refractivity contribution is -0.122. The third-order valence-corrected chi connectivity index (χ3v) is 4.58. The van der Waals surface area contributed by atoms with Crippen molar-refractivity contribution in [1.29, 1.82) is 0 Å². The van der Waals surface area contributed by atoms with Gasteiger partial charge in [0.1, 0.15) is 5.75 Å². The molecule has 1 amide bonds. The Balaban J connectivity index is 1.91. The summed E-state index contributed by atoms with van der Waals surface area (Å²) in [5.74, 6) is 1.96. The molecule has 1 aromatic carbocycles. The van der Waals surface area contributed by atoms with Crippen LogP contribution in [-0.4, -0.2) is 44.6 Å². The lowest BCUT2D eigenvalue weighted by Crippen LogP contribution is -2.43. The number of carbonyl (C=O) groups excluding carboxylic acids is 1. The first-order chi connectivity index (χ1) is 10.5. The molecular formula is C18H28N2O2. The molecule has 3 atom stereocenters. The number of ether oxygens (including phenoxy) is 1. The first-order valence-corrected chi connectivity index (χ1v) is 8.02. The topological polar surface area (TPSA) is 41.6 Å². The van der Waals surface area contributed by atoms with Crippen LogP contribution in [0.15, 0.2) is 24.3 Å².